The van der Waals surface area contributed by atoms with E-state index in [9.17, 15) is 0 Å². The molecule has 1 radical (unpaired) electrons. The molecule has 0 saturated carbocycles. The molecular weight excluding hydrogens is 336 g/mol. The molecule has 5 rings (SSSR count). The van der Waals surface area contributed by atoms with Gasteiger partial charge in [0.15, 0.2) is 0 Å². The minimum Gasteiger partial charge on any atom is -0.0622 e. The van der Waals surface area contributed by atoms with Crippen molar-refractivity contribution in [2.45, 2.75) is 0 Å². The Morgan fingerprint density at radius 3 is 1.89 bits per heavy atom. The lowest BCUT2D eigenvalue weighted by Gasteiger charge is -2.15. The fourth-order valence-corrected chi connectivity index (χ4v) is 3.83. The quantitative estimate of drug-likeness (QED) is 0.312. The zero-order valence-electron chi connectivity index (χ0n) is 15.5. The molecule has 5 aromatic carbocycles. The maximum absolute atomic E-state index is 3.41. The minimum absolute atomic E-state index is 1.12. The van der Waals surface area contributed by atoms with Gasteiger partial charge in [-0.05, 0) is 56.3 Å². The van der Waals surface area contributed by atoms with Crippen LogP contribution in [-0.2, 0) is 0 Å². The molecule has 0 bridgehead atoms. The summed E-state index contributed by atoms with van der Waals surface area (Å²) in [7, 11) is 0. The summed E-state index contributed by atoms with van der Waals surface area (Å²) in [5, 5.41) is 2.51. The molecule has 0 saturated heterocycles. The van der Waals surface area contributed by atoms with Crippen molar-refractivity contribution >= 4 is 10.8 Å². The zero-order valence-corrected chi connectivity index (χ0v) is 15.5. The Bertz CT molecular complexity index is 1220. The predicted octanol–water partition coefficient (Wildman–Crippen LogP) is 7.64. The van der Waals surface area contributed by atoms with Crippen LogP contribution in [0.3, 0.4) is 0 Å². The third-order valence-electron chi connectivity index (χ3n) is 5.19. The number of hydrogen-bond acceptors (Lipinski definition) is 0. The average molecular weight is 355 g/mol. The van der Waals surface area contributed by atoms with E-state index in [1.807, 2.05) is 12.1 Å². The molecule has 0 amide bonds. The molecular formula is C28H19. The molecule has 0 aliphatic heterocycles. The van der Waals surface area contributed by atoms with Crippen molar-refractivity contribution in [3.05, 3.63) is 121 Å². The van der Waals surface area contributed by atoms with Crippen molar-refractivity contribution in [3.63, 3.8) is 0 Å². The molecule has 131 valence electrons. The minimum atomic E-state index is 1.12. The van der Waals surface area contributed by atoms with Crippen LogP contribution < -0.4 is 0 Å². The van der Waals surface area contributed by atoms with E-state index in [-0.39, 0.29) is 0 Å². The maximum Gasteiger partial charge on any atom is -0.00264 e. The highest BCUT2D eigenvalue weighted by molar-refractivity contribution is 6.05. The van der Waals surface area contributed by atoms with Gasteiger partial charge in [0.2, 0.25) is 0 Å². The van der Waals surface area contributed by atoms with Crippen molar-refractivity contribution in [2.75, 3.05) is 0 Å². The lowest BCUT2D eigenvalue weighted by atomic mass is 9.88. The predicted molar refractivity (Wildman–Crippen MR) is 119 cm³/mol. The van der Waals surface area contributed by atoms with Crippen molar-refractivity contribution in [1.82, 2.24) is 0 Å². The van der Waals surface area contributed by atoms with E-state index in [4.69, 9.17) is 0 Å². The zero-order chi connectivity index (χ0) is 18.8. The molecule has 0 spiro atoms. The lowest BCUT2D eigenvalue weighted by Crippen LogP contribution is -1.89. The fraction of sp³-hybridized carbons (Fsp3) is 0. The first-order valence-electron chi connectivity index (χ1n) is 9.55. The van der Waals surface area contributed by atoms with Crippen LogP contribution in [0.4, 0.5) is 0 Å². The molecule has 0 heteroatoms. The first-order valence-corrected chi connectivity index (χ1v) is 9.55. The maximum atomic E-state index is 3.41. The Labute approximate surface area is 165 Å². The first kappa shape index (κ1) is 16.5. The number of benzene rings is 5. The summed E-state index contributed by atoms with van der Waals surface area (Å²) in [6.07, 6.45) is 0. The van der Waals surface area contributed by atoms with Crippen molar-refractivity contribution in [1.29, 1.82) is 0 Å². The molecule has 0 aromatic heterocycles. The second-order valence-electron chi connectivity index (χ2n) is 6.93. The second kappa shape index (κ2) is 7.17. The Hall–Kier alpha value is -3.64. The normalized spacial score (nSPS) is 10.9. The van der Waals surface area contributed by atoms with Crippen LogP contribution in [0, 0.1) is 6.07 Å². The number of fused-ring (bicyclic) bond motifs is 1. The van der Waals surface area contributed by atoms with Crippen LogP contribution in [0.1, 0.15) is 0 Å². The van der Waals surface area contributed by atoms with Gasteiger partial charge < -0.3 is 0 Å². The summed E-state index contributed by atoms with van der Waals surface area (Å²) >= 11 is 0. The third-order valence-corrected chi connectivity index (χ3v) is 5.19. The van der Waals surface area contributed by atoms with Gasteiger partial charge in [-0.2, -0.15) is 0 Å². The van der Waals surface area contributed by atoms with Crippen molar-refractivity contribution in [3.8, 4) is 33.4 Å². The summed E-state index contributed by atoms with van der Waals surface area (Å²) in [6, 6.07) is 44.0. The van der Waals surface area contributed by atoms with Crippen LogP contribution in [0.25, 0.3) is 44.2 Å². The Kier molecular flexibility index (Phi) is 4.23. The van der Waals surface area contributed by atoms with Gasteiger partial charge in [0, 0.05) is 0 Å². The van der Waals surface area contributed by atoms with E-state index in [1.165, 1.54) is 38.6 Å². The standard InChI is InChI=1S/C28H19/c1-4-10-21(11-5-1)25-17-16-23-18-19-26(22-12-6-2-7-13-22)28(27(23)20-25)24-14-8-3-9-15-24/h1-12,14-20H. The molecule has 0 heterocycles. The molecule has 0 N–H and O–H groups in total. The molecule has 0 atom stereocenters. The topological polar surface area (TPSA) is 0 Å². The summed E-state index contributed by atoms with van der Waals surface area (Å²) in [5.74, 6) is 0. The van der Waals surface area contributed by atoms with E-state index in [1.54, 1.807) is 0 Å². The van der Waals surface area contributed by atoms with Crippen LogP contribution in [-0.4, -0.2) is 0 Å². The summed E-state index contributed by atoms with van der Waals surface area (Å²) in [5.41, 5.74) is 7.29. The van der Waals surface area contributed by atoms with Crippen LogP contribution in [0.2, 0.25) is 0 Å². The van der Waals surface area contributed by atoms with Crippen LogP contribution >= 0.6 is 0 Å². The van der Waals surface area contributed by atoms with Gasteiger partial charge in [-0.1, -0.05) is 109 Å². The highest BCUT2D eigenvalue weighted by Crippen LogP contribution is 2.39. The Morgan fingerprint density at radius 2 is 1.18 bits per heavy atom. The molecule has 5 aromatic rings. The van der Waals surface area contributed by atoms with Gasteiger partial charge in [-0.3, -0.25) is 0 Å². The van der Waals surface area contributed by atoms with Gasteiger partial charge in [-0.15, -0.1) is 0 Å². The summed E-state index contributed by atoms with van der Waals surface area (Å²) in [4.78, 5) is 0. The van der Waals surface area contributed by atoms with Crippen LogP contribution in [0.5, 0.6) is 0 Å². The largest absolute Gasteiger partial charge is 0.0622 e. The SMILES string of the molecule is [c]1ccccc1-c1ccc2ccc(-c3ccccc3)cc2c1-c1ccccc1. The monoisotopic (exact) mass is 355 g/mol. The van der Waals surface area contributed by atoms with E-state index < -0.39 is 0 Å². The summed E-state index contributed by atoms with van der Waals surface area (Å²) < 4.78 is 0. The van der Waals surface area contributed by atoms with Crippen LogP contribution in [0.15, 0.2) is 115 Å². The van der Waals surface area contributed by atoms with Gasteiger partial charge >= 0.3 is 0 Å². The van der Waals surface area contributed by atoms with Gasteiger partial charge in [0.25, 0.3) is 0 Å². The summed E-state index contributed by atoms with van der Waals surface area (Å²) in [6.45, 7) is 0. The highest BCUT2D eigenvalue weighted by atomic mass is 14.2. The molecule has 0 aliphatic carbocycles. The highest BCUT2D eigenvalue weighted by Gasteiger charge is 2.12. The second-order valence-corrected chi connectivity index (χ2v) is 6.93. The average Bonchev–Trinajstić information content (AvgIpc) is 2.79. The van der Waals surface area contributed by atoms with E-state index in [0.717, 1.165) is 5.56 Å². The lowest BCUT2D eigenvalue weighted by molar-refractivity contribution is 1.59. The third kappa shape index (κ3) is 3.00. The first-order chi connectivity index (χ1) is 13.9. The molecule has 0 nitrogen and oxygen atoms in total. The Balaban J connectivity index is 1.83. The number of rotatable bonds is 3. The molecule has 28 heavy (non-hydrogen) atoms. The Morgan fingerprint density at radius 1 is 0.500 bits per heavy atom. The van der Waals surface area contributed by atoms with Crippen molar-refractivity contribution < 1.29 is 0 Å². The van der Waals surface area contributed by atoms with E-state index in [2.05, 4.69) is 109 Å². The van der Waals surface area contributed by atoms with Gasteiger partial charge in [0.05, 0.1) is 0 Å². The number of hydrogen-bond donors (Lipinski definition) is 0. The van der Waals surface area contributed by atoms with E-state index >= 15 is 0 Å². The molecule has 0 aliphatic rings. The van der Waals surface area contributed by atoms with Crippen molar-refractivity contribution in [2.24, 2.45) is 0 Å². The smallest absolute Gasteiger partial charge is 0.00264 e. The van der Waals surface area contributed by atoms with E-state index in [0.29, 0.717) is 0 Å². The van der Waals surface area contributed by atoms with Gasteiger partial charge in [0.1, 0.15) is 0 Å². The molecule has 0 unspecified atom stereocenters. The fourth-order valence-electron chi connectivity index (χ4n) is 3.83. The molecule has 0 fully saturated rings. The van der Waals surface area contributed by atoms with Gasteiger partial charge in [-0.25, -0.2) is 0 Å².